The van der Waals surface area contributed by atoms with Crippen molar-refractivity contribution in [3.8, 4) is 11.5 Å². The average Bonchev–Trinajstić information content (AvgIpc) is 3.15. The number of rotatable bonds is 11. The van der Waals surface area contributed by atoms with Gasteiger partial charge in [-0.25, -0.2) is 0 Å². The Balaban J connectivity index is 1.68. The zero-order chi connectivity index (χ0) is 23.1. The van der Waals surface area contributed by atoms with E-state index in [4.69, 9.17) is 14.2 Å². The zero-order valence-corrected chi connectivity index (χ0v) is 20.6. The van der Waals surface area contributed by atoms with Gasteiger partial charge in [-0.3, -0.25) is 9.69 Å². The van der Waals surface area contributed by atoms with Crippen LogP contribution in [0.15, 0.2) is 30.0 Å². The molecule has 0 saturated carbocycles. The summed E-state index contributed by atoms with van der Waals surface area (Å²) in [5, 5.41) is 0. The predicted octanol–water partition coefficient (Wildman–Crippen LogP) is 5.86. The first-order chi connectivity index (χ1) is 15.5. The number of methoxy groups -OCH3 is 2. The number of likely N-dealkylation sites (tertiary alicyclic amines) is 1. The van der Waals surface area contributed by atoms with Crippen LogP contribution in [-0.4, -0.2) is 44.7 Å². The second-order valence-electron chi connectivity index (χ2n) is 9.46. The number of fused-ring (bicyclic) bond motifs is 1. The lowest BCUT2D eigenvalue weighted by Gasteiger charge is -2.40. The summed E-state index contributed by atoms with van der Waals surface area (Å²) in [6, 6.07) is 6.50. The van der Waals surface area contributed by atoms with Gasteiger partial charge in [0.15, 0.2) is 11.5 Å². The molecule has 5 heteroatoms. The number of hydrogen-bond acceptors (Lipinski definition) is 5. The highest BCUT2D eigenvalue weighted by atomic mass is 16.5. The molecule has 2 aliphatic rings. The normalized spacial score (nSPS) is 23.9. The van der Waals surface area contributed by atoms with Crippen molar-refractivity contribution in [3.05, 3.63) is 35.6 Å². The molecule has 0 N–H and O–H groups in total. The topological polar surface area (TPSA) is 48.0 Å². The molecule has 1 aliphatic heterocycles. The quantitative estimate of drug-likeness (QED) is 0.401. The molecule has 178 valence electrons. The molecule has 5 nitrogen and oxygen atoms in total. The highest BCUT2D eigenvalue weighted by Gasteiger charge is 2.48. The smallest absolute Gasteiger partial charge is 0.310 e. The molecular weight excluding hydrogens is 402 g/mol. The lowest BCUT2D eigenvalue weighted by molar-refractivity contribution is -0.140. The highest BCUT2D eigenvalue weighted by Crippen LogP contribution is 2.49. The SMILES string of the molecule is CCCC(CC)CCCC(=O)OC1=C[C@@H]2N(C)CC[C@]2(c2ccc(OC)c(OC)c2)CC1. The van der Waals surface area contributed by atoms with Crippen molar-refractivity contribution in [2.75, 3.05) is 27.8 Å². The molecule has 1 heterocycles. The van der Waals surface area contributed by atoms with Gasteiger partial charge in [-0.1, -0.05) is 39.2 Å². The summed E-state index contributed by atoms with van der Waals surface area (Å²) >= 11 is 0. The number of carbonyl (C=O) groups is 1. The molecule has 0 bridgehead atoms. The standard InChI is InChI=1S/C27H41NO4/c1-6-9-20(7-2)10-8-11-26(29)32-22-14-15-27(16-17-28(3)25(27)19-22)21-12-13-23(30-4)24(18-21)31-5/h12-13,18-20,25H,6-11,14-17H2,1-5H3/t20?,25-,27-/m0/s1. The number of carbonyl (C=O) groups excluding carboxylic acids is 1. The Morgan fingerprint density at radius 1 is 1.16 bits per heavy atom. The minimum atomic E-state index is -0.0816. The summed E-state index contributed by atoms with van der Waals surface area (Å²) < 4.78 is 16.8. The molecule has 3 atom stereocenters. The van der Waals surface area contributed by atoms with Crippen LogP contribution in [-0.2, 0) is 14.9 Å². The maximum absolute atomic E-state index is 12.5. The van der Waals surface area contributed by atoms with E-state index in [1.54, 1.807) is 14.2 Å². The van der Waals surface area contributed by atoms with Crippen molar-refractivity contribution >= 4 is 5.97 Å². The Morgan fingerprint density at radius 3 is 2.62 bits per heavy atom. The minimum absolute atomic E-state index is 0.0126. The van der Waals surface area contributed by atoms with Crippen LogP contribution in [0, 0.1) is 5.92 Å². The first kappa shape index (κ1) is 24.6. The maximum atomic E-state index is 12.5. The molecule has 1 fully saturated rings. The second kappa shape index (κ2) is 11.2. The first-order valence-corrected chi connectivity index (χ1v) is 12.3. The molecule has 0 aromatic heterocycles. The largest absolute Gasteiger partial charge is 0.493 e. The number of likely N-dealkylation sites (N-methyl/N-ethyl adjacent to an activating group) is 1. The van der Waals surface area contributed by atoms with Gasteiger partial charge in [-0.05, 0) is 69.0 Å². The number of esters is 1. The van der Waals surface area contributed by atoms with Crippen LogP contribution in [0.3, 0.4) is 0 Å². The Labute approximate surface area is 194 Å². The van der Waals surface area contributed by atoms with E-state index in [0.717, 1.165) is 61.8 Å². The molecule has 32 heavy (non-hydrogen) atoms. The second-order valence-corrected chi connectivity index (χ2v) is 9.46. The lowest BCUT2D eigenvalue weighted by Crippen LogP contribution is -2.42. The maximum Gasteiger partial charge on any atom is 0.310 e. The van der Waals surface area contributed by atoms with Crippen LogP contribution in [0.25, 0.3) is 0 Å². The van der Waals surface area contributed by atoms with Crippen molar-refractivity contribution in [3.63, 3.8) is 0 Å². The number of benzene rings is 1. The third-order valence-electron chi connectivity index (χ3n) is 7.58. The first-order valence-electron chi connectivity index (χ1n) is 12.3. The Morgan fingerprint density at radius 2 is 1.94 bits per heavy atom. The summed E-state index contributed by atoms with van der Waals surface area (Å²) in [4.78, 5) is 14.9. The molecule has 1 aromatic rings. The van der Waals surface area contributed by atoms with Gasteiger partial charge in [-0.2, -0.15) is 0 Å². The number of hydrogen-bond donors (Lipinski definition) is 0. The van der Waals surface area contributed by atoms with E-state index in [1.165, 1.54) is 24.8 Å². The summed E-state index contributed by atoms with van der Waals surface area (Å²) in [6.45, 7) is 5.50. The van der Waals surface area contributed by atoms with Crippen LogP contribution in [0.4, 0.5) is 0 Å². The lowest BCUT2D eigenvalue weighted by atomic mass is 9.68. The van der Waals surface area contributed by atoms with E-state index in [9.17, 15) is 4.79 Å². The monoisotopic (exact) mass is 443 g/mol. The number of nitrogens with zero attached hydrogens (tertiary/aromatic N) is 1. The van der Waals surface area contributed by atoms with E-state index in [0.29, 0.717) is 6.42 Å². The summed E-state index contributed by atoms with van der Waals surface area (Å²) in [6.07, 6.45) is 11.2. The minimum Gasteiger partial charge on any atom is -0.493 e. The number of allylic oxidation sites excluding steroid dienone is 1. The van der Waals surface area contributed by atoms with Crippen LogP contribution in [0.2, 0.25) is 0 Å². The van der Waals surface area contributed by atoms with E-state index in [2.05, 4.69) is 44.0 Å². The van der Waals surface area contributed by atoms with Crippen molar-refractivity contribution in [2.45, 2.75) is 83.1 Å². The van der Waals surface area contributed by atoms with Gasteiger partial charge in [0.25, 0.3) is 0 Å². The molecule has 0 amide bonds. The van der Waals surface area contributed by atoms with Crippen molar-refractivity contribution in [1.82, 2.24) is 4.90 Å². The van der Waals surface area contributed by atoms with Gasteiger partial charge < -0.3 is 14.2 Å². The third-order valence-corrected chi connectivity index (χ3v) is 7.58. The zero-order valence-electron chi connectivity index (χ0n) is 20.6. The molecule has 0 radical (unpaired) electrons. The van der Waals surface area contributed by atoms with Gasteiger partial charge in [0, 0.05) is 24.3 Å². The number of ether oxygens (including phenoxy) is 3. The molecule has 1 aliphatic carbocycles. The molecule has 1 aromatic carbocycles. The molecular formula is C27H41NO4. The highest BCUT2D eigenvalue weighted by molar-refractivity contribution is 5.70. The van der Waals surface area contributed by atoms with Crippen molar-refractivity contribution in [2.24, 2.45) is 5.92 Å². The summed E-state index contributed by atoms with van der Waals surface area (Å²) in [5.41, 5.74) is 1.28. The fraction of sp³-hybridized carbons (Fsp3) is 0.667. The van der Waals surface area contributed by atoms with Gasteiger partial charge in [0.05, 0.1) is 14.2 Å². The Hall–Kier alpha value is -2.01. The average molecular weight is 444 g/mol. The van der Waals surface area contributed by atoms with Crippen LogP contribution < -0.4 is 9.47 Å². The molecule has 1 saturated heterocycles. The van der Waals surface area contributed by atoms with E-state index >= 15 is 0 Å². The Kier molecular flexibility index (Phi) is 8.64. The van der Waals surface area contributed by atoms with E-state index in [-0.39, 0.29) is 17.4 Å². The summed E-state index contributed by atoms with van der Waals surface area (Å²) in [5.74, 6) is 3.01. The Bertz CT molecular complexity index is 805. The van der Waals surface area contributed by atoms with Crippen LogP contribution in [0.5, 0.6) is 11.5 Å². The van der Waals surface area contributed by atoms with Gasteiger partial charge in [0.2, 0.25) is 0 Å². The third kappa shape index (κ3) is 5.31. The van der Waals surface area contributed by atoms with Gasteiger partial charge >= 0.3 is 5.97 Å². The fourth-order valence-electron chi connectivity index (χ4n) is 5.63. The molecule has 3 rings (SSSR count). The van der Waals surface area contributed by atoms with Gasteiger partial charge in [0.1, 0.15) is 5.76 Å². The van der Waals surface area contributed by atoms with Crippen molar-refractivity contribution in [1.29, 1.82) is 0 Å². The molecule has 0 spiro atoms. The van der Waals surface area contributed by atoms with Crippen molar-refractivity contribution < 1.29 is 19.0 Å². The van der Waals surface area contributed by atoms with E-state index in [1.807, 2.05) is 6.07 Å². The summed E-state index contributed by atoms with van der Waals surface area (Å²) in [7, 11) is 5.51. The molecule has 1 unspecified atom stereocenters. The predicted molar refractivity (Wildman–Crippen MR) is 128 cm³/mol. The van der Waals surface area contributed by atoms with E-state index < -0.39 is 0 Å². The van der Waals surface area contributed by atoms with Gasteiger partial charge in [-0.15, -0.1) is 0 Å². The fourth-order valence-corrected chi connectivity index (χ4v) is 5.63. The van der Waals surface area contributed by atoms with Crippen LogP contribution >= 0.6 is 0 Å². The van der Waals surface area contributed by atoms with Crippen LogP contribution in [0.1, 0.15) is 77.2 Å².